The first kappa shape index (κ1) is 12.7. The van der Waals surface area contributed by atoms with Gasteiger partial charge in [0.25, 0.3) is 0 Å². The molecule has 96 valence electrons. The lowest BCUT2D eigenvalue weighted by Crippen LogP contribution is -2.46. The van der Waals surface area contributed by atoms with Crippen LogP contribution in [0.5, 0.6) is 0 Å². The van der Waals surface area contributed by atoms with Crippen LogP contribution in [0.25, 0.3) is 0 Å². The van der Waals surface area contributed by atoms with Crippen LogP contribution in [0.3, 0.4) is 0 Å². The van der Waals surface area contributed by atoms with E-state index in [9.17, 15) is 8.42 Å². The molecule has 2 rings (SSSR count). The molecule has 0 saturated carbocycles. The van der Waals surface area contributed by atoms with Crippen molar-refractivity contribution < 1.29 is 8.42 Å². The van der Waals surface area contributed by atoms with Crippen molar-refractivity contribution in [3.05, 3.63) is 5.01 Å². The summed E-state index contributed by atoms with van der Waals surface area (Å²) in [7, 11) is -1.04. The summed E-state index contributed by atoms with van der Waals surface area (Å²) in [6.45, 7) is 3.20. The first-order chi connectivity index (χ1) is 8.00. The van der Waals surface area contributed by atoms with Crippen LogP contribution in [0.4, 0.5) is 5.13 Å². The SMILES string of the molecule is CNc1nnc(CN2CCS(=O)(=O)CC2C)s1. The maximum atomic E-state index is 11.4. The van der Waals surface area contributed by atoms with Crippen molar-refractivity contribution in [2.24, 2.45) is 0 Å². The van der Waals surface area contributed by atoms with Crippen molar-refractivity contribution in [2.45, 2.75) is 19.5 Å². The molecule has 1 atom stereocenters. The van der Waals surface area contributed by atoms with Crippen LogP contribution in [0.2, 0.25) is 0 Å². The van der Waals surface area contributed by atoms with Crippen molar-refractivity contribution in [2.75, 3.05) is 30.4 Å². The molecule has 1 N–H and O–H groups in total. The van der Waals surface area contributed by atoms with Crippen molar-refractivity contribution in [1.82, 2.24) is 15.1 Å². The number of hydrogen-bond donors (Lipinski definition) is 1. The van der Waals surface area contributed by atoms with E-state index in [1.807, 2.05) is 6.92 Å². The molecule has 1 aromatic rings. The summed E-state index contributed by atoms with van der Waals surface area (Å²) in [4.78, 5) is 2.14. The smallest absolute Gasteiger partial charge is 0.205 e. The highest BCUT2D eigenvalue weighted by molar-refractivity contribution is 7.91. The van der Waals surface area contributed by atoms with Gasteiger partial charge in [-0.1, -0.05) is 11.3 Å². The zero-order valence-electron chi connectivity index (χ0n) is 9.88. The zero-order chi connectivity index (χ0) is 12.5. The fourth-order valence-electron chi connectivity index (χ4n) is 1.86. The molecule has 0 spiro atoms. The number of hydrogen-bond acceptors (Lipinski definition) is 7. The Hall–Kier alpha value is -0.730. The van der Waals surface area contributed by atoms with E-state index in [1.165, 1.54) is 11.3 Å². The largest absolute Gasteiger partial charge is 0.363 e. The maximum Gasteiger partial charge on any atom is 0.205 e. The molecular formula is C9H16N4O2S2. The molecule has 8 heteroatoms. The summed E-state index contributed by atoms with van der Waals surface area (Å²) in [6.07, 6.45) is 0. The van der Waals surface area contributed by atoms with Gasteiger partial charge in [0.2, 0.25) is 5.13 Å². The number of aromatic nitrogens is 2. The summed E-state index contributed by atoms with van der Waals surface area (Å²) in [5.74, 6) is 0.486. The van der Waals surface area contributed by atoms with E-state index >= 15 is 0 Å². The van der Waals surface area contributed by atoms with Crippen LogP contribution in [0.1, 0.15) is 11.9 Å². The highest BCUT2D eigenvalue weighted by Crippen LogP contribution is 2.19. The van der Waals surface area contributed by atoms with Gasteiger partial charge in [0.1, 0.15) is 5.01 Å². The second-order valence-electron chi connectivity index (χ2n) is 4.18. The third-order valence-electron chi connectivity index (χ3n) is 2.83. The minimum atomic E-state index is -2.84. The van der Waals surface area contributed by atoms with Gasteiger partial charge in [0.05, 0.1) is 18.1 Å². The van der Waals surface area contributed by atoms with Crippen LogP contribution in [-0.2, 0) is 16.4 Å². The molecule has 1 aliphatic rings. The topological polar surface area (TPSA) is 75.2 Å². The van der Waals surface area contributed by atoms with E-state index in [0.717, 1.165) is 10.1 Å². The molecule has 0 bridgehead atoms. The average Bonchev–Trinajstić information content (AvgIpc) is 2.69. The Morgan fingerprint density at radius 2 is 2.29 bits per heavy atom. The quantitative estimate of drug-likeness (QED) is 0.850. The Morgan fingerprint density at radius 3 is 2.88 bits per heavy atom. The van der Waals surface area contributed by atoms with E-state index in [2.05, 4.69) is 20.4 Å². The lowest BCUT2D eigenvalue weighted by molar-refractivity contribution is 0.217. The number of sulfone groups is 1. The van der Waals surface area contributed by atoms with Gasteiger partial charge in [-0.15, -0.1) is 10.2 Å². The molecule has 0 aliphatic carbocycles. The fourth-order valence-corrected chi connectivity index (χ4v) is 4.20. The minimum Gasteiger partial charge on any atom is -0.363 e. The summed E-state index contributed by atoms with van der Waals surface area (Å²) in [6, 6.07) is 0.0516. The summed E-state index contributed by atoms with van der Waals surface area (Å²) in [5, 5.41) is 12.7. The molecule has 1 unspecified atom stereocenters. The molecule has 1 saturated heterocycles. The van der Waals surface area contributed by atoms with E-state index in [-0.39, 0.29) is 17.5 Å². The molecule has 6 nitrogen and oxygen atoms in total. The van der Waals surface area contributed by atoms with Crippen LogP contribution in [0, 0.1) is 0 Å². The Bertz CT molecular complexity index is 485. The third-order valence-corrected chi connectivity index (χ3v) is 5.55. The van der Waals surface area contributed by atoms with E-state index in [1.54, 1.807) is 7.05 Å². The van der Waals surface area contributed by atoms with Gasteiger partial charge >= 0.3 is 0 Å². The van der Waals surface area contributed by atoms with Crippen LogP contribution >= 0.6 is 11.3 Å². The summed E-state index contributed by atoms with van der Waals surface area (Å²) in [5.41, 5.74) is 0. The van der Waals surface area contributed by atoms with Crippen LogP contribution in [-0.4, -0.2) is 54.7 Å². The predicted octanol–water partition coefficient (Wildman–Crippen LogP) is 0.199. The Labute approximate surface area is 105 Å². The van der Waals surface area contributed by atoms with Crippen molar-refractivity contribution >= 4 is 26.3 Å². The van der Waals surface area contributed by atoms with Gasteiger partial charge in [0, 0.05) is 19.6 Å². The molecule has 0 aromatic carbocycles. The van der Waals surface area contributed by atoms with Gasteiger partial charge < -0.3 is 5.32 Å². The van der Waals surface area contributed by atoms with Crippen molar-refractivity contribution in [1.29, 1.82) is 0 Å². The Morgan fingerprint density at radius 1 is 1.53 bits per heavy atom. The number of anilines is 1. The fraction of sp³-hybridized carbons (Fsp3) is 0.778. The van der Waals surface area contributed by atoms with E-state index in [0.29, 0.717) is 13.1 Å². The molecule has 0 radical (unpaired) electrons. The van der Waals surface area contributed by atoms with Crippen molar-refractivity contribution in [3.63, 3.8) is 0 Å². The van der Waals surface area contributed by atoms with Crippen LogP contribution in [0.15, 0.2) is 0 Å². The third kappa shape index (κ3) is 3.14. The van der Waals surface area contributed by atoms with Gasteiger partial charge in [-0.05, 0) is 6.92 Å². The van der Waals surface area contributed by atoms with E-state index in [4.69, 9.17) is 0 Å². The number of nitrogens with zero attached hydrogens (tertiary/aromatic N) is 3. The minimum absolute atomic E-state index is 0.0516. The zero-order valence-corrected chi connectivity index (χ0v) is 11.5. The second-order valence-corrected chi connectivity index (χ2v) is 7.48. The molecule has 1 fully saturated rings. The number of rotatable bonds is 3. The maximum absolute atomic E-state index is 11.4. The van der Waals surface area contributed by atoms with Gasteiger partial charge in [-0.3, -0.25) is 4.90 Å². The Kier molecular flexibility index (Phi) is 3.64. The normalized spacial score (nSPS) is 24.7. The summed E-state index contributed by atoms with van der Waals surface area (Å²) < 4.78 is 22.9. The lowest BCUT2D eigenvalue weighted by atomic mass is 10.3. The number of nitrogens with one attached hydrogen (secondary N) is 1. The second kappa shape index (κ2) is 4.87. The highest BCUT2D eigenvalue weighted by Gasteiger charge is 2.28. The standard InChI is InChI=1S/C9H16N4O2S2/c1-7-6-17(14,15)4-3-13(7)5-8-11-12-9(10-2)16-8/h7H,3-6H2,1-2H3,(H,10,12). The predicted molar refractivity (Wildman–Crippen MR) is 68.0 cm³/mol. The molecule has 17 heavy (non-hydrogen) atoms. The lowest BCUT2D eigenvalue weighted by Gasteiger charge is -2.32. The first-order valence-corrected chi connectivity index (χ1v) is 8.08. The van der Waals surface area contributed by atoms with Crippen LogP contribution < -0.4 is 5.32 Å². The monoisotopic (exact) mass is 276 g/mol. The van der Waals surface area contributed by atoms with Gasteiger partial charge in [0.15, 0.2) is 9.84 Å². The molecule has 0 amide bonds. The molecule has 1 aliphatic heterocycles. The molecule has 1 aromatic heterocycles. The molecular weight excluding hydrogens is 260 g/mol. The molecule has 2 heterocycles. The summed E-state index contributed by atoms with van der Waals surface area (Å²) >= 11 is 1.50. The van der Waals surface area contributed by atoms with E-state index < -0.39 is 9.84 Å². The van der Waals surface area contributed by atoms with Crippen molar-refractivity contribution in [3.8, 4) is 0 Å². The highest BCUT2D eigenvalue weighted by atomic mass is 32.2. The average molecular weight is 276 g/mol. The first-order valence-electron chi connectivity index (χ1n) is 5.45. The Balaban J connectivity index is 2.00. The van der Waals surface area contributed by atoms with Gasteiger partial charge in [-0.2, -0.15) is 0 Å². The van der Waals surface area contributed by atoms with Gasteiger partial charge in [-0.25, -0.2) is 8.42 Å².